The Hall–Kier alpha value is -3.45. The van der Waals surface area contributed by atoms with Crippen molar-refractivity contribution in [1.29, 1.82) is 0 Å². The van der Waals surface area contributed by atoms with Crippen LogP contribution < -0.4 is 5.32 Å². The van der Waals surface area contributed by atoms with Crippen LogP contribution >= 0.6 is 0 Å². The molecule has 3 amide bonds. The molecule has 7 nitrogen and oxygen atoms in total. The van der Waals surface area contributed by atoms with E-state index in [1.165, 1.54) is 4.90 Å². The average molecular weight is 403 g/mol. The fraction of sp³-hybridized carbons (Fsp3) is 0.261. The smallest absolute Gasteiger partial charge is 0.319 e. The third-order valence-electron chi connectivity index (χ3n) is 5.46. The van der Waals surface area contributed by atoms with E-state index in [4.69, 9.17) is 0 Å². The van der Waals surface area contributed by atoms with Crippen LogP contribution in [-0.2, 0) is 16.9 Å². The lowest BCUT2D eigenvalue weighted by atomic mass is 9.87. The number of urea groups is 1. The Morgan fingerprint density at radius 2 is 1.70 bits per heavy atom. The second-order valence-electron chi connectivity index (χ2n) is 7.57. The zero-order chi connectivity index (χ0) is 21.1. The minimum Gasteiger partial charge on any atom is -0.319 e. The van der Waals surface area contributed by atoms with E-state index in [0.717, 1.165) is 16.8 Å². The summed E-state index contributed by atoms with van der Waals surface area (Å²) in [7, 11) is 1.88. The van der Waals surface area contributed by atoms with Crippen molar-refractivity contribution in [2.24, 2.45) is 0 Å². The summed E-state index contributed by atoms with van der Waals surface area (Å²) in [6, 6.07) is 18.9. The topological polar surface area (TPSA) is 70.5 Å². The highest BCUT2D eigenvalue weighted by Gasteiger charge is 2.51. The number of imide groups is 1. The Morgan fingerprint density at radius 1 is 1.03 bits per heavy atom. The standard InChI is InChI=1S/C23H25N5O2/c1-3-23(19-10-6-4-7-11-19)21(29)27(22(30)25-23)17-26(2)15-18-14-24-28(16-18)20-12-8-5-9-13-20/h4-14,16H,3,15,17H2,1-2H3,(H,25,30)/t23-/m0/s1. The van der Waals surface area contributed by atoms with E-state index < -0.39 is 5.54 Å². The Bertz CT molecular complexity index is 1030. The number of hydrogen-bond donors (Lipinski definition) is 1. The zero-order valence-corrected chi connectivity index (χ0v) is 17.2. The average Bonchev–Trinajstić information content (AvgIpc) is 3.33. The molecule has 1 aliphatic heterocycles. The lowest BCUT2D eigenvalue weighted by molar-refractivity contribution is -0.133. The normalized spacial score (nSPS) is 18.8. The van der Waals surface area contributed by atoms with Crippen LogP contribution in [0.15, 0.2) is 73.1 Å². The van der Waals surface area contributed by atoms with E-state index in [9.17, 15) is 9.59 Å². The first-order chi connectivity index (χ1) is 14.5. The van der Waals surface area contributed by atoms with Gasteiger partial charge in [-0.15, -0.1) is 0 Å². The van der Waals surface area contributed by atoms with Crippen molar-refractivity contribution in [3.05, 3.63) is 84.2 Å². The molecule has 0 spiro atoms. The number of aromatic nitrogens is 2. The molecule has 0 aliphatic carbocycles. The van der Waals surface area contributed by atoms with Gasteiger partial charge in [-0.25, -0.2) is 14.4 Å². The number of carbonyl (C=O) groups excluding carboxylic acids is 2. The van der Waals surface area contributed by atoms with Crippen LogP contribution in [0.3, 0.4) is 0 Å². The minimum absolute atomic E-state index is 0.204. The summed E-state index contributed by atoms with van der Waals surface area (Å²) in [5.74, 6) is -0.215. The Kier molecular flexibility index (Phi) is 5.37. The van der Waals surface area contributed by atoms with E-state index in [-0.39, 0.29) is 18.6 Å². The highest BCUT2D eigenvalue weighted by atomic mass is 16.2. The quantitative estimate of drug-likeness (QED) is 0.616. The number of nitrogens with zero attached hydrogens (tertiary/aromatic N) is 4. The van der Waals surface area contributed by atoms with Crippen LogP contribution in [0.2, 0.25) is 0 Å². The van der Waals surface area contributed by atoms with Gasteiger partial charge in [-0.1, -0.05) is 55.5 Å². The van der Waals surface area contributed by atoms with Crippen LogP contribution in [-0.4, -0.2) is 45.2 Å². The van der Waals surface area contributed by atoms with E-state index in [0.29, 0.717) is 13.0 Å². The Balaban J connectivity index is 1.46. The lowest BCUT2D eigenvalue weighted by Crippen LogP contribution is -2.44. The maximum atomic E-state index is 13.2. The molecule has 0 unspecified atom stereocenters. The van der Waals surface area contributed by atoms with Gasteiger partial charge in [-0.3, -0.25) is 9.69 Å². The van der Waals surface area contributed by atoms with Crippen molar-refractivity contribution in [2.45, 2.75) is 25.4 Å². The van der Waals surface area contributed by atoms with Gasteiger partial charge in [0.2, 0.25) is 0 Å². The maximum Gasteiger partial charge on any atom is 0.326 e. The van der Waals surface area contributed by atoms with Gasteiger partial charge in [0.15, 0.2) is 0 Å². The molecule has 1 saturated heterocycles. The van der Waals surface area contributed by atoms with Crippen LogP contribution in [0, 0.1) is 0 Å². The van der Waals surface area contributed by atoms with Crippen molar-refractivity contribution in [3.8, 4) is 5.69 Å². The molecule has 3 aromatic rings. The predicted molar refractivity (Wildman–Crippen MR) is 114 cm³/mol. The summed E-state index contributed by atoms with van der Waals surface area (Å²) in [5, 5.41) is 7.33. The first kappa shape index (κ1) is 19.8. The monoisotopic (exact) mass is 403 g/mol. The summed E-state index contributed by atoms with van der Waals surface area (Å²) >= 11 is 0. The number of hydrogen-bond acceptors (Lipinski definition) is 4. The molecular weight excluding hydrogens is 378 g/mol. The molecule has 30 heavy (non-hydrogen) atoms. The maximum absolute atomic E-state index is 13.2. The number of para-hydroxylation sites is 1. The van der Waals surface area contributed by atoms with Gasteiger partial charge in [-0.05, 0) is 31.2 Å². The zero-order valence-electron chi connectivity index (χ0n) is 17.2. The first-order valence-electron chi connectivity index (χ1n) is 10.0. The van der Waals surface area contributed by atoms with Crippen LogP contribution in [0.1, 0.15) is 24.5 Å². The van der Waals surface area contributed by atoms with Gasteiger partial charge < -0.3 is 5.32 Å². The SMILES string of the molecule is CC[C@@]1(c2ccccc2)NC(=O)N(CN(C)Cc2cnn(-c3ccccc3)c2)C1=O. The van der Waals surface area contributed by atoms with Gasteiger partial charge in [0.05, 0.1) is 18.6 Å². The fourth-order valence-electron chi connectivity index (χ4n) is 3.88. The summed E-state index contributed by atoms with van der Waals surface area (Å²) in [5.41, 5.74) is 1.78. The van der Waals surface area contributed by atoms with Crippen LogP contribution in [0.4, 0.5) is 4.79 Å². The molecule has 0 saturated carbocycles. The van der Waals surface area contributed by atoms with Crippen molar-refractivity contribution in [3.63, 3.8) is 0 Å². The molecular formula is C23H25N5O2. The molecule has 2 aromatic carbocycles. The number of rotatable bonds is 7. The first-order valence-corrected chi connectivity index (χ1v) is 10.0. The van der Waals surface area contributed by atoms with Crippen molar-refractivity contribution >= 4 is 11.9 Å². The molecule has 1 N–H and O–H groups in total. The van der Waals surface area contributed by atoms with E-state index >= 15 is 0 Å². The van der Waals surface area contributed by atoms with E-state index in [1.54, 1.807) is 6.20 Å². The molecule has 154 valence electrons. The Morgan fingerprint density at radius 3 is 2.37 bits per heavy atom. The highest BCUT2D eigenvalue weighted by molar-refractivity contribution is 6.07. The molecule has 1 aliphatic rings. The number of benzene rings is 2. The van der Waals surface area contributed by atoms with Crippen molar-refractivity contribution in [1.82, 2.24) is 24.9 Å². The second-order valence-corrected chi connectivity index (χ2v) is 7.57. The fourth-order valence-corrected chi connectivity index (χ4v) is 3.88. The third-order valence-corrected chi connectivity index (χ3v) is 5.46. The van der Waals surface area contributed by atoms with Gasteiger partial charge in [0.25, 0.3) is 5.91 Å². The number of nitrogens with one attached hydrogen (secondary N) is 1. The second kappa shape index (κ2) is 8.12. The highest BCUT2D eigenvalue weighted by Crippen LogP contribution is 2.32. The lowest BCUT2D eigenvalue weighted by Gasteiger charge is -2.27. The summed E-state index contributed by atoms with van der Waals surface area (Å²) < 4.78 is 1.81. The van der Waals surface area contributed by atoms with Crippen LogP contribution in [0.5, 0.6) is 0 Å². The molecule has 2 heterocycles. The predicted octanol–water partition coefficient (Wildman–Crippen LogP) is 3.12. The molecule has 0 radical (unpaired) electrons. The van der Waals surface area contributed by atoms with Crippen molar-refractivity contribution < 1.29 is 9.59 Å². The third kappa shape index (κ3) is 3.59. The number of carbonyl (C=O) groups is 2. The van der Waals surface area contributed by atoms with Gasteiger partial charge in [-0.2, -0.15) is 5.10 Å². The molecule has 4 rings (SSSR count). The molecule has 1 aromatic heterocycles. The molecule has 1 atom stereocenters. The van der Waals surface area contributed by atoms with Crippen molar-refractivity contribution in [2.75, 3.05) is 13.7 Å². The molecule has 1 fully saturated rings. The summed E-state index contributed by atoms with van der Waals surface area (Å²) in [6.45, 7) is 2.68. The van der Waals surface area contributed by atoms with E-state index in [2.05, 4.69) is 10.4 Å². The summed E-state index contributed by atoms with van der Waals surface area (Å²) in [4.78, 5) is 29.1. The summed E-state index contributed by atoms with van der Waals surface area (Å²) in [6.07, 6.45) is 4.25. The van der Waals surface area contributed by atoms with Crippen LogP contribution in [0.25, 0.3) is 5.69 Å². The van der Waals surface area contributed by atoms with E-state index in [1.807, 2.05) is 90.4 Å². The largest absolute Gasteiger partial charge is 0.326 e. The number of amides is 3. The Labute approximate surface area is 175 Å². The minimum atomic E-state index is -1.00. The van der Waals surface area contributed by atoms with Gasteiger partial charge >= 0.3 is 6.03 Å². The molecule has 0 bridgehead atoms. The van der Waals surface area contributed by atoms with Gasteiger partial charge in [0.1, 0.15) is 5.54 Å². The van der Waals surface area contributed by atoms with Gasteiger partial charge in [0, 0.05) is 18.3 Å². The molecule has 7 heteroatoms.